The molecule has 0 spiro atoms. The molecule has 1 atom stereocenters. The Morgan fingerprint density at radius 3 is 2.51 bits per heavy atom. The summed E-state index contributed by atoms with van der Waals surface area (Å²) in [6.07, 6.45) is 3.09. The lowest BCUT2D eigenvalue weighted by molar-refractivity contribution is 0.0985. The van der Waals surface area contributed by atoms with Crippen LogP contribution in [0.3, 0.4) is 0 Å². The van der Waals surface area contributed by atoms with Crippen molar-refractivity contribution in [3.8, 4) is 11.4 Å². The van der Waals surface area contributed by atoms with Gasteiger partial charge in [-0.05, 0) is 64.1 Å². The Labute approximate surface area is 218 Å². The van der Waals surface area contributed by atoms with E-state index in [1.807, 2.05) is 25.1 Å². The molecule has 10 nitrogen and oxygen atoms in total. The Bertz CT molecular complexity index is 1220. The minimum Gasteiger partial charge on any atom is -0.377 e. The Kier molecular flexibility index (Phi) is 7.98. The van der Waals surface area contributed by atoms with Gasteiger partial charge < -0.3 is 20.3 Å². The lowest BCUT2D eigenvalue weighted by Gasteiger charge is -2.46. The number of hydrogen-bond acceptors (Lipinski definition) is 8. The number of amides is 2. The van der Waals surface area contributed by atoms with E-state index in [9.17, 15) is 13.9 Å². The lowest BCUT2D eigenvalue weighted by Crippen LogP contribution is -2.44. The zero-order chi connectivity index (χ0) is 26.6. The van der Waals surface area contributed by atoms with Crippen molar-refractivity contribution in [3.05, 3.63) is 60.6 Å². The van der Waals surface area contributed by atoms with Crippen LogP contribution in [0.25, 0.3) is 11.4 Å². The van der Waals surface area contributed by atoms with Crippen LogP contribution in [0, 0.1) is 0 Å². The summed E-state index contributed by atoms with van der Waals surface area (Å²) in [6.45, 7) is 9.82. The molecular weight excluding hydrogens is 492 g/mol. The lowest BCUT2D eigenvalue weighted by atomic mass is 10.1. The molecule has 2 amide bonds. The van der Waals surface area contributed by atoms with Gasteiger partial charge in [-0.25, -0.2) is 14.8 Å². The van der Waals surface area contributed by atoms with Gasteiger partial charge in [-0.15, -0.1) is 0 Å². The molecule has 1 aromatic carbocycles. The van der Waals surface area contributed by atoms with Gasteiger partial charge in [0.25, 0.3) is 0 Å². The third kappa shape index (κ3) is 5.69. The number of carbonyl (C=O) groups excluding carboxylic acids is 1. The highest BCUT2D eigenvalue weighted by Crippen LogP contribution is 2.63. The second-order valence-electron chi connectivity index (χ2n) is 9.36. The smallest absolute Gasteiger partial charge is 0.319 e. The van der Waals surface area contributed by atoms with Crippen LogP contribution in [0.15, 0.2) is 59.8 Å². The number of aromatic nitrogens is 3. The molecule has 0 bridgehead atoms. The second-order valence-corrected chi connectivity index (χ2v) is 11.9. The number of nitrogens with one attached hydrogen (secondary N) is 2. The highest BCUT2D eigenvalue weighted by atomic mass is 32.3. The van der Waals surface area contributed by atoms with Gasteiger partial charge >= 0.3 is 6.03 Å². The molecular formula is C26H34N6O4S. The first-order chi connectivity index (χ1) is 17.6. The van der Waals surface area contributed by atoms with E-state index in [2.05, 4.69) is 27.4 Å². The van der Waals surface area contributed by atoms with Crippen molar-refractivity contribution in [2.24, 2.45) is 0 Å². The monoisotopic (exact) mass is 526 g/mol. The number of rotatable bonds is 7. The Morgan fingerprint density at radius 2 is 1.86 bits per heavy atom. The summed E-state index contributed by atoms with van der Waals surface area (Å²) in [4.78, 5) is 28.1. The number of hydrogen-bond donors (Lipinski definition) is 4. The maximum atomic E-state index is 11.9. The van der Waals surface area contributed by atoms with Crippen molar-refractivity contribution >= 4 is 28.1 Å². The Balaban J connectivity index is 1.77. The van der Waals surface area contributed by atoms with E-state index in [4.69, 9.17) is 14.7 Å². The fraction of sp³-hybridized carbons (Fsp3) is 0.385. The molecule has 1 aliphatic heterocycles. The average molecular weight is 527 g/mol. The number of nitrogens with zero attached hydrogens (tertiary/aromatic N) is 4. The van der Waals surface area contributed by atoms with Crippen LogP contribution >= 0.6 is 10.6 Å². The molecule has 0 saturated carbocycles. The van der Waals surface area contributed by atoms with Crippen molar-refractivity contribution in [2.45, 2.75) is 43.4 Å². The first-order valence-corrected chi connectivity index (χ1v) is 13.7. The van der Waals surface area contributed by atoms with Crippen molar-refractivity contribution in [3.63, 3.8) is 0 Å². The second kappa shape index (κ2) is 11.0. The largest absolute Gasteiger partial charge is 0.377 e. The van der Waals surface area contributed by atoms with E-state index >= 15 is 0 Å². The molecule has 37 heavy (non-hydrogen) atoms. The summed E-state index contributed by atoms with van der Waals surface area (Å²) in [5.74, 6) is 1.15. The highest BCUT2D eigenvalue weighted by molar-refractivity contribution is 8.25. The molecule has 0 unspecified atom stereocenters. The number of anilines is 2. The zero-order valence-corrected chi connectivity index (χ0v) is 22.3. The zero-order valence-electron chi connectivity index (χ0n) is 21.5. The predicted octanol–water partition coefficient (Wildman–Crippen LogP) is 4.95. The van der Waals surface area contributed by atoms with Crippen LogP contribution in [0.4, 0.5) is 16.3 Å². The molecule has 4 rings (SSSR count). The fourth-order valence-electron chi connectivity index (χ4n) is 4.09. The van der Waals surface area contributed by atoms with Gasteiger partial charge in [-0.3, -0.25) is 14.1 Å². The molecule has 4 N–H and O–H groups in total. The van der Waals surface area contributed by atoms with E-state index < -0.39 is 15.3 Å². The maximum Gasteiger partial charge on any atom is 0.319 e. The molecule has 1 aliphatic rings. The van der Waals surface area contributed by atoms with Crippen LogP contribution in [0.5, 0.6) is 0 Å². The number of ether oxygens (including phenoxy) is 1. The Morgan fingerprint density at radius 1 is 1.16 bits per heavy atom. The molecule has 0 radical (unpaired) electrons. The summed E-state index contributed by atoms with van der Waals surface area (Å²) in [5.41, 5.74) is 1.88. The van der Waals surface area contributed by atoms with E-state index in [0.717, 1.165) is 5.56 Å². The molecule has 198 valence electrons. The highest BCUT2D eigenvalue weighted by Gasteiger charge is 2.40. The third-order valence-corrected chi connectivity index (χ3v) is 8.98. The molecule has 1 fully saturated rings. The average Bonchev–Trinajstić information content (AvgIpc) is 2.89. The quantitative estimate of drug-likeness (QED) is 0.340. The van der Waals surface area contributed by atoms with Crippen LogP contribution in [0.2, 0.25) is 0 Å². The van der Waals surface area contributed by atoms with Gasteiger partial charge in [0.2, 0.25) is 0 Å². The van der Waals surface area contributed by atoms with Gasteiger partial charge in [0.1, 0.15) is 10.6 Å². The predicted molar refractivity (Wildman–Crippen MR) is 146 cm³/mol. The normalized spacial score (nSPS) is 16.8. The van der Waals surface area contributed by atoms with Crippen LogP contribution in [-0.4, -0.2) is 62.4 Å². The third-order valence-electron chi connectivity index (χ3n) is 6.42. The number of morpholine rings is 1. The first-order valence-electron chi connectivity index (χ1n) is 12.2. The maximum absolute atomic E-state index is 11.9. The molecule has 0 aliphatic carbocycles. The first kappa shape index (κ1) is 26.8. The van der Waals surface area contributed by atoms with Gasteiger partial charge in [0, 0.05) is 42.8 Å². The summed E-state index contributed by atoms with van der Waals surface area (Å²) in [6, 6.07) is 12.1. The van der Waals surface area contributed by atoms with E-state index in [1.54, 1.807) is 50.5 Å². The van der Waals surface area contributed by atoms with E-state index in [1.165, 1.54) is 0 Å². The molecule has 3 aromatic rings. The van der Waals surface area contributed by atoms with Crippen molar-refractivity contribution < 1.29 is 18.6 Å². The number of benzene rings is 1. The van der Waals surface area contributed by atoms with E-state index in [0.29, 0.717) is 54.2 Å². The van der Waals surface area contributed by atoms with Crippen LogP contribution in [0.1, 0.15) is 33.4 Å². The van der Waals surface area contributed by atoms with E-state index in [-0.39, 0.29) is 12.1 Å². The minimum absolute atomic E-state index is 0.0941. The SMILES string of the molecule is CCNC(=O)Nc1ccc(-c2nc(N3CCOC[C@@H]3C)cc(C(C)(C)S(O)(O)c3ccncc3)n2)cc1. The van der Waals surface area contributed by atoms with Crippen LogP contribution in [-0.2, 0) is 9.48 Å². The molecule has 2 aromatic heterocycles. The van der Waals surface area contributed by atoms with Gasteiger partial charge in [-0.2, -0.15) is 10.6 Å². The molecule has 3 heterocycles. The standard InChI is InChI=1S/C26H34N6O4S/c1-5-28-25(33)29-20-8-6-19(7-9-20)24-30-22(16-23(31-24)32-14-15-36-17-18(32)2)26(3,4)37(34,35)21-10-12-27-13-11-21/h6-13,16,18,34-35H,5,14-15,17H2,1-4H3,(H2,28,29,33)/t18-/m0/s1. The summed E-state index contributed by atoms with van der Waals surface area (Å²) in [7, 11) is -3.31. The fourth-order valence-corrected chi connectivity index (χ4v) is 5.58. The number of pyridine rings is 1. The van der Waals surface area contributed by atoms with Gasteiger partial charge in [0.15, 0.2) is 5.82 Å². The van der Waals surface area contributed by atoms with Crippen molar-refractivity contribution in [1.82, 2.24) is 20.3 Å². The molecule has 1 saturated heterocycles. The summed E-state index contributed by atoms with van der Waals surface area (Å²) < 4.78 is 27.3. The minimum atomic E-state index is -3.31. The van der Waals surface area contributed by atoms with Crippen molar-refractivity contribution in [1.29, 1.82) is 0 Å². The van der Waals surface area contributed by atoms with Gasteiger partial charge in [-0.1, -0.05) is 0 Å². The summed E-state index contributed by atoms with van der Waals surface area (Å²) in [5, 5.41) is 5.48. The number of urea groups is 1. The van der Waals surface area contributed by atoms with Crippen LogP contribution < -0.4 is 15.5 Å². The molecule has 11 heteroatoms. The van der Waals surface area contributed by atoms with Crippen molar-refractivity contribution in [2.75, 3.05) is 36.5 Å². The Hall–Kier alpha value is -3.25. The number of carbonyl (C=O) groups is 1. The summed E-state index contributed by atoms with van der Waals surface area (Å²) >= 11 is 0. The topological polar surface area (TPSA) is 133 Å². The van der Waals surface area contributed by atoms with Gasteiger partial charge in [0.05, 0.1) is 29.8 Å².